The largest absolute Gasteiger partial charge is 0.496 e. The zero-order chi connectivity index (χ0) is 14.7. The lowest BCUT2D eigenvalue weighted by molar-refractivity contribution is 0.0522. The number of ether oxygens (including phenoxy) is 3. The van der Waals surface area contributed by atoms with Gasteiger partial charge in [-0.15, -0.1) is 0 Å². The molecule has 0 saturated heterocycles. The van der Waals surface area contributed by atoms with Gasteiger partial charge in [0.05, 0.1) is 26.3 Å². The topological polar surface area (TPSA) is 57.7 Å². The van der Waals surface area contributed by atoms with E-state index in [9.17, 15) is 4.79 Å². The summed E-state index contributed by atoms with van der Waals surface area (Å²) in [6, 6.07) is 5.31. The van der Waals surface area contributed by atoms with Crippen molar-refractivity contribution in [3.8, 4) is 11.6 Å². The summed E-state index contributed by atoms with van der Waals surface area (Å²) in [6.45, 7) is 2.04. The van der Waals surface area contributed by atoms with Crippen molar-refractivity contribution in [3.05, 3.63) is 28.2 Å². The Bertz CT molecular complexity index is 657. The third-order valence-corrected chi connectivity index (χ3v) is 3.19. The second kappa shape index (κ2) is 6.09. The molecular formula is C14H14BrNO4. The lowest BCUT2D eigenvalue weighted by Crippen LogP contribution is -2.08. The van der Waals surface area contributed by atoms with Crippen LogP contribution in [0.2, 0.25) is 0 Å². The number of halogens is 1. The molecule has 0 spiro atoms. The van der Waals surface area contributed by atoms with Crippen molar-refractivity contribution in [2.45, 2.75) is 6.92 Å². The Morgan fingerprint density at radius 1 is 1.25 bits per heavy atom. The Morgan fingerprint density at radius 3 is 2.60 bits per heavy atom. The van der Waals surface area contributed by atoms with Crippen molar-refractivity contribution in [1.82, 2.24) is 4.98 Å². The van der Waals surface area contributed by atoms with Crippen LogP contribution >= 0.6 is 15.9 Å². The Hall–Kier alpha value is -1.82. The van der Waals surface area contributed by atoms with Gasteiger partial charge in [0, 0.05) is 9.86 Å². The molecule has 1 heterocycles. The number of esters is 1. The van der Waals surface area contributed by atoms with Crippen LogP contribution in [0.4, 0.5) is 0 Å². The van der Waals surface area contributed by atoms with Crippen molar-refractivity contribution in [1.29, 1.82) is 0 Å². The number of carbonyl (C=O) groups is 1. The average molecular weight is 340 g/mol. The Morgan fingerprint density at radius 2 is 2.00 bits per heavy atom. The van der Waals surface area contributed by atoms with E-state index in [4.69, 9.17) is 14.2 Å². The van der Waals surface area contributed by atoms with Crippen molar-refractivity contribution in [2.24, 2.45) is 0 Å². The second-order valence-corrected chi connectivity index (χ2v) is 4.86. The highest BCUT2D eigenvalue weighted by molar-refractivity contribution is 9.10. The molecule has 20 heavy (non-hydrogen) atoms. The second-order valence-electron chi connectivity index (χ2n) is 3.94. The number of carbonyl (C=O) groups excluding carboxylic acids is 1. The normalized spacial score (nSPS) is 10.4. The number of hydrogen-bond acceptors (Lipinski definition) is 5. The van der Waals surface area contributed by atoms with E-state index >= 15 is 0 Å². The Labute approximate surface area is 125 Å². The molecule has 2 rings (SSSR count). The molecule has 0 aliphatic heterocycles. The number of fused-ring (bicyclic) bond motifs is 1. The molecule has 2 aromatic rings. The highest BCUT2D eigenvalue weighted by Crippen LogP contribution is 2.32. The van der Waals surface area contributed by atoms with Gasteiger partial charge < -0.3 is 14.2 Å². The summed E-state index contributed by atoms with van der Waals surface area (Å²) < 4.78 is 16.3. The summed E-state index contributed by atoms with van der Waals surface area (Å²) in [5.74, 6) is 0.384. The fourth-order valence-electron chi connectivity index (χ4n) is 1.87. The van der Waals surface area contributed by atoms with Crippen LogP contribution in [0.15, 0.2) is 22.7 Å². The molecule has 0 atom stereocenters. The van der Waals surface area contributed by atoms with Gasteiger partial charge in [0.25, 0.3) is 0 Å². The lowest BCUT2D eigenvalue weighted by Gasteiger charge is -2.11. The van der Waals surface area contributed by atoms with Gasteiger partial charge in [-0.25, -0.2) is 9.78 Å². The van der Waals surface area contributed by atoms with Crippen molar-refractivity contribution >= 4 is 32.8 Å². The van der Waals surface area contributed by atoms with Gasteiger partial charge in [-0.1, -0.05) is 15.9 Å². The molecule has 5 nitrogen and oxygen atoms in total. The third-order valence-electron chi connectivity index (χ3n) is 2.73. The predicted molar refractivity (Wildman–Crippen MR) is 78.5 cm³/mol. The number of pyridine rings is 1. The molecule has 0 saturated carbocycles. The van der Waals surface area contributed by atoms with Gasteiger partial charge in [-0.2, -0.15) is 0 Å². The highest BCUT2D eigenvalue weighted by Gasteiger charge is 2.18. The van der Waals surface area contributed by atoms with Crippen molar-refractivity contribution in [2.75, 3.05) is 20.8 Å². The fourth-order valence-corrected chi connectivity index (χ4v) is 2.30. The van der Waals surface area contributed by atoms with Crippen LogP contribution in [-0.2, 0) is 4.74 Å². The molecular weight excluding hydrogens is 326 g/mol. The fraction of sp³-hybridized carbons (Fsp3) is 0.286. The van der Waals surface area contributed by atoms with Gasteiger partial charge in [0.15, 0.2) is 0 Å². The van der Waals surface area contributed by atoms with E-state index in [0.29, 0.717) is 11.3 Å². The van der Waals surface area contributed by atoms with E-state index in [1.165, 1.54) is 7.11 Å². The van der Waals surface area contributed by atoms with Gasteiger partial charge in [-0.3, -0.25) is 0 Å². The van der Waals surface area contributed by atoms with Gasteiger partial charge in [0.1, 0.15) is 11.3 Å². The molecule has 106 valence electrons. The number of benzene rings is 1. The molecule has 0 aliphatic carbocycles. The van der Waals surface area contributed by atoms with E-state index in [1.807, 2.05) is 12.1 Å². The van der Waals surface area contributed by atoms with E-state index in [0.717, 1.165) is 9.86 Å². The number of hydrogen-bond donors (Lipinski definition) is 0. The van der Waals surface area contributed by atoms with E-state index < -0.39 is 5.97 Å². The van der Waals surface area contributed by atoms with Gasteiger partial charge >= 0.3 is 5.97 Å². The summed E-state index contributed by atoms with van der Waals surface area (Å²) in [6.07, 6.45) is 0. The summed E-state index contributed by atoms with van der Waals surface area (Å²) in [4.78, 5) is 16.3. The molecule has 0 unspecified atom stereocenters. The summed E-state index contributed by atoms with van der Waals surface area (Å²) in [5.41, 5.74) is 0.948. The first-order valence-electron chi connectivity index (χ1n) is 6.00. The molecule has 1 aromatic carbocycles. The third kappa shape index (κ3) is 2.70. The zero-order valence-corrected chi connectivity index (χ0v) is 13.0. The van der Waals surface area contributed by atoms with Crippen LogP contribution in [0, 0.1) is 0 Å². The quantitative estimate of drug-likeness (QED) is 0.800. The maximum Gasteiger partial charge on any atom is 0.343 e. The first-order chi connectivity index (χ1) is 9.60. The first kappa shape index (κ1) is 14.6. The minimum atomic E-state index is -0.469. The van der Waals surface area contributed by atoms with Gasteiger partial charge in [-0.05, 0) is 25.1 Å². The number of rotatable bonds is 4. The molecule has 0 aliphatic rings. The van der Waals surface area contributed by atoms with Crippen LogP contribution in [0.5, 0.6) is 11.6 Å². The Kier molecular flexibility index (Phi) is 4.44. The molecule has 0 amide bonds. The van der Waals surface area contributed by atoms with Crippen LogP contribution in [0.3, 0.4) is 0 Å². The molecule has 0 bridgehead atoms. The van der Waals surface area contributed by atoms with E-state index in [2.05, 4.69) is 20.9 Å². The number of nitrogens with zero attached hydrogens (tertiary/aromatic N) is 1. The molecule has 0 radical (unpaired) electrons. The van der Waals surface area contributed by atoms with Gasteiger partial charge in [0.2, 0.25) is 5.88 Å². The smallest absolute Gasteiger partial charge is 0.343 e. The average Bonchev–Trinajstić information content (AvgIpc) is 2.45. The maximum absolute atomic E-state index is 11.9. The number of aromatic nitrogens is 1. The maximum atomic E-state index is 11.9. The summed E-state index contributed by atoms with van der Waals surface area (Å²) in [7, 11) is 3.03. The molecule has 0 fully saturated rings. The summed E-state index contributed by atoms with van der Waals surface area (Å²) in [5, 5.41) is 0.722. The SMILES string of the molecule is CCOC(=O)c1cc2c(OC)cc(Br)cc2nc1OC. The Balaban J connectivity index is 2.69. The lowest BCUT2D eigenvalue weighted by atomic mass is 10.1. The minimum absolute atomic E-state index is 0.233. The minimum Gasteiger partial charge on any atom is -0.496 e. The monoisotopic (exact) mass is 339 g/mol. The van der Waals surface area contributed by atoms with E-state index in [-0.39, 0.29) is 18.1 Å². The molecule has 0 N–H and O–H groups in total. The first-order valence-corrected chi connectivity index (χ1v) is 6.79. The van der Waals surface area contributed by atoms with Crippen LogP contribution in [-0.4, -0.2) is 31.8 Å². The standard InChI is InChI=1S/C14H14BrNO4/c1-4-20-14(17)10-7-9-11(16-13(10)19-3)5-8(15)6-12(9)18-2/h5-7H,4H2,1-3H3. The highest BCUT2D eigenvalue weighted by atomic mass is 79.9. The van der Waals surface area contributed by atoms with E-state index in [1.54, 1.807) is 20.1 Å². The van der Waals surface area contributed by atoms with Crippen molar-refractivity contribution in [3.63, 3.8) is 0 Å². The zero-order valence-electron chi connectivity index (χ0n) is 11.4. The predicted octanol–water partition coefficient (Wildman–Crippen LogP) is 3.19. The molecule has 6 heteroatoms. The van der Waals surface area contributed by atoms with Crippen molar-refractivity contribution < 1.29 is 19.0 Å². The molecule has 1 aromatic heterocycles. The van der Waals surface area contributed by atoms with Crippen LogP contribution in [0.1, 0.15) is 17.3 Å². The van der Waals surface area contributed by atoms with Crippen LogP contribution in [0.25, 0.3) is 10.9 Å². The summed E-state index contributed by atoms with van der Waals surface area (Å²) >= 11 is 3.39. The van der Waals surface area contributed by atoms with Crippen LogP contribution < -0.4 is 9.47 Å². The number of methoxy groups -OCH3 is 2.